The van der Waals surface area contributed by atoms with E-state index in [0.29, 0.717) is 44.2 Å². The van der Waals surface area contributed by atoms with Crippen molar-refractivity contribution in [3.8, 4) is 0 Å². The Morgan fingerprint density at radius 3 is 2.40 bits per heavy atom. The summed E-state index contributed by atoms with van der Waals surface area (Å²) in [5.74, 6) is -1.63. The van der Waals surface area contributed by atoms with Gasteiger partial charge in [0.15, 0.2) is 0 Å². The van der Waals surface area contributed by atoms with Crippen molar-refractivity contribution in [2.75, 3.05) is 13.1 Å². The van der Waals surface area contributed by atoms with Gasteiger partial charge in [0.2, 0.25) is 0 Å². The third-order valence-electron chi connectivity index (χ3n) is 8.17. The number of carboxylic acids is 1. The van der Waals surface area contributed by atoms with Crippen LogP contribution in [0.2, 0.25) is 0 Å². The zero-order valence-corrected chi connectivity index (χ0v) is 19.7. The molecule has 6 nitrogen and oxygen atoms in total. The van der Waals surface area contributed by atoms with Crippen LogP contribution in [-0.2, 0) is 16.4 Å². The Morgan fingerprint density at radius 2 is 1.77 bits per heavy atom. The fourth-order valence-corrected chi connectivity index (χ4v) is 5.87. The quantitative estimate of drug-likeness (QED) is 0.610. The van der Waals surface area contributed by atoms with Gasteiger partial charge in [0.1, 0.15) is 0 Å². The molecule has 3 aliphatic rings. The fourth-order valence-electron chi connectivity index (χ4n) is 5.87. The Morgan fingerprint density at radius 1 is 1.09 bits per heavy atom. The summed E-state index contributed by atoms with van der Waals surface area (Å²) >= 11 is 0. The fraction of sp³-hybridized carbons (Fsp3) is 0.577. The molecule has 0 radical (unpaired) electrons. The monoisotopic (exact) mass is 489 g/mol. The highest BCUT2D eigenvalue weighted by Gasteiger charge is 2.47. The summed E-state index contributed by atoms with van der Waals surface area (Å²) < 4.78 is 42.6. The van der Waals surface area contributed by atoms with E-state index in [1.807, 2.05) is 4.68 Å². The van der Waals surface area contributed by atoms with Crippen LogP contribution >= 0.6 is 0 Å². The van der Waals surface area contributed by atoms with E-state index in [1.54, 1.807) is 17.2 Å². The summed E-state index contributed by atoms with van der Waals surface area (Å²) in [4.78, 5) is 26.6. The largest absolute Gasteiger partial charge is 0.481 e. The van der Waals surface area contributed by atoms with Gasteiger partial charge in [-0.1, -0.05) is 25.1 Å². The average molecular weight is 490 g/mol. The highest BCUT2D eigenvalue weighted by Crippen LogP contribution is 2.50. The molecular formula is C26H30F3N3O3. The Balaban J connectivity index is 1.37. The summed E-state index contributed by atoms with van der Waals surface area (Å²) in [5, 5.41) is 13.9. The Bertz CT molecular complexity index is 1130. The van der Waals surface area contributed by atoms with E-state index in [1.165, 1.54) is 12.1 Å². The molecule has 2 heterocycles. The minimum absolute atomic E-state index is 0.0598. The van der Waals surface area contributed by atoms with E-state index in [9.17, 15) is 27.9 Å². The second-order valence-electron chi connectivity index (χ2n) is 10.6. The molecule has 2 aliphatic carbocycles. The van der Waals surface area contributed by atoms with Gasteiger partial charge in [-0.25, -0.2) is 0 Å². The van der Waals surface area contributed by atoms with Gasteiger partial charge in [-0.3, -0.25) is 14.3 Å². The maximum atomic E-state index is 13.6. The van der Waals surface area contributed by atoms with Gasteiger partial charge in [-0.05, 0) is 56.6 Å². The molecule has 1 amide bonds. The predicted octanol–water partition coefficient (Wildman–Crippen LogP) is 5.40. The normalized spacial score (nSPS) is 26.1. The molecule has 35 heavy (non-hydrogen) atoms. The van der Waals surface area contributed by atoms with E-state index in [2.05, 4.69) is 12.0 Å². The molecule has 1 aromatic carbocycles. The first-order valence-corrected chi connectivity index (χ1v) is 12.3. The van der Waals surface area contributed by atoms with E-state index in [4.69, 9.17) is 0 Å². The lowest BCUT2D eigenvalue weighted by atomic mass is 9.85. The van der Waals surface area contributed by atoms with E-state index in [-0.39, 0.29) is 41.3 Å². The Kier molecular flexibility index (Phi) is 5.92. The standard InChI is InChI=1S/C26H30F3N3O3/c1-25(11-12-25)22-20(14-30-32(22)18-8-6-16(7-9-18)24(34)35)23(33)31-13-10-17(15-31)19-4-2-3-5-21(19)26(27,28)29/h2-5,14,16-18H,6-13,15H2,1H3,(H,34,35). The summed E-state index contributed by atoms with van der Waals surface area (Å²) in [6.45, 7) is 2.77. The number of amides is 1. The third-order valence-corrected chi connectivity index (χ3v) is 8.17. The minimum Gasteiger partial charge on any atom is -0.481 e. The zero-order chi connectivity index (χ0) is 25.0. The molecule has 0 spiro atoms. The minimum atomic E-state index is -4.43. The SMILES string of the molecule is CC1(c2c(C(=O)N3CCC(c4ccccc4C(F)(F)F)C3)cnn2C2CCC(C(=O)O)CC2)CC1. The van der Waals surface area contributed by atoms with Crippen LogP contribution < -0.4 is 0 Å². The van der Waals surface area contributed by atoms with E-state index in [0.717, 1.165) is 24.6 Å². The molecule has 1 unspecified atom stereocenters. The number of hydrogen-bond donors (Lipinski definition) is 1. The highest BCUT2D eigenvalue weighted by atomic mass is 19.4. The molecule has 9 heteroatoms. The first-order chi connectivity index (χ1) is 16.6. The molecular weight excluding hydrogens is 459 g/mol. The van der Waals surface area contributed by atoms with Gasteiger partial charge >= 0.3 is 12.1 Å². The molecule has 2 aromatic rings. The molecule has 0 bridgehead atoms. The van der Waals surface area contributed by atoms with Crippen molar-refractivity contribution in [3.63, 3.8) is 0 Å². The number of carbonyl (C=O) groups excluding carboxylic acids is 1. The lowest BCUT2D eigenvalue weighted by Gasteiger charge is -2.29. The van der Waals surface area contributed by atoms with Crippen LogP contribution in [-0.4, -0.2) is 44.8 Å². The van der Waals surface area contributed by atoms with Gasteiger partial charge in [0.25, 0.3) is 5.91 Å². The lowest BCUT2D eigenvalue weighted by Crippen LogP contribution is -2.31. The smallest absolute Gasteiger partial charge is 0.416 e. The first-order valence-electron chi connectivity index (χ1n) is 12.3. The number of halogens is 3. The van der Waals surface area contributed by atoms with Crippen LogP contribution in [0.25, 0.3) is 0 Å². The summed E-state index contributed by atoms with van der Waals surface area (Å²) in [7, 11) is 0. The number of nitrogens with zero attached hydrogens (tertiary/aromatic N) is 3. The van der Waals surface area contributed by atoms with Crippen molar-refractivity contribution in [3.05, 3.63) is 52.8 Å². The lowest BCUT2D eigenvalue weighted by molar-refractivity contribution is -0.143. The number of alkyl halides is 3. The maximum Gasteiger partial charge on any atom is 0.416 e. The second kappa shape index (κ2) is 8.68. The first kappa shape index (κ1) is 23.9. The number of carboxylic acid groups (broad SMARTS) is 1. The Hall–Kier alpha value is -2.84. The van der Waals surface area contributed by atoms with Crippen molar-refractivity contribution in [2.45, 2.75) is 75.4 Å². The highest BCUT2D eigenvalue weighted by molar-refractivity contribution is 5.96. The van der Waals surface area contributed by atoms with E-state index >= 15 is 0 Å². The predicted molar refractivity (Wildman–Crippen MR) is 122 cm³/mol. The van der Waals surface area contributed by atoms with Gasteiger partial charge in [0.05, 0.1) is 35.0 Å². The molecule has 5 rings (SSSR count). The molecule has 1 atom stereocenters. The van der Waals surface area contributed by atoms with Crippen molar-refractivity contribution in [1.29, 1.82) is 0 Å². The van der Waals surface area contributed by atoms with Gasteiger partial charge in [0, 0.05) is 24.4 Å². The topological polar surface area (TPSA) is 75.4 Å². The average Bonchev–Trinajstić information content (AvgIpc) is 3.24. The third kappa shape index (κ3) is 4.45. The zero-order valence-electron chi connectivity index (χ0n) is 19.7. The molecule has 1 saturated heterocycles. The summed E-state index contributed by atoms with van der Waals surface area (Å²) in [6.07, 6.45) is 2.15. The van der Waals surface area contributed by atoms with Crippen LogP contribution in [0.1, 0.15) is 91.0 Å². The van der Waals surface area contributed by atoms with Gasteiger partial charge in [-0.2, -0.15) is 18.3 Å². The molecule has 3 fully saturated rings. The van der Waals surface area contributed by atoms with Crippen LogP contribution in [0.3, 0.4) is 0 Å². The number of likely N-dealkylation sites (tertiary alicyclic amines) is 1. The molecule has 1 aliphatic heterocycles. The summed E-state index contributed by atoms with van der Waals surface area (Å²) in [6, 6.07) is 5.69. The molecule has 188 valence electrons. The van der Waals surface area contributed by atoms with Crippen LogP contribution in [0.4, 0.5) is 13.2 Å². The number of carbonyl (C=O) groups is 2. The van der Waals surface area contributed by atoms with E-state index < -0.39 is 17.7 Å². The van der Waals surface area contributed by atoms with Crippen molar-refractivity contribution < 1.29 is 27.9 Å². The van der Waals surface area contributed by atoms with Crippen LogP contribution in [0.15, 0.2) is 30.5 Å². The number of hydrogen-bond acceptors (Lipinski definition) is 3. The Labute approximate surface area is 202 Å². The van der Waals surface area contributed by atoms with Crippen molar-refractivity contribution in [2.24, 2.45) is 5.92 Å². The maximum absolute atomic E-state index is 13.6. The van der Waals surface area contributed by atoms with Gasteiger partial charge < -0.3 is 10.0 Å². The number of aromatic nitrogens is 2. The number of rotatable bonds is 5. The van der Waals surface area contributed by atoms with Gasteiger partial charge in [-0.15, -0.1) is 0 Å². The van der Waals surface area contributed by atoms with Crippen molar-refractivity contribution in [1.82, 2.24) is 14.7 Å². The van der Waals surface area contributed by atoms with Crippen LogP contribution in [0, 0.1) is 5.92 Å². The second-order valence-corrected chi connectivity index (χ2v) is 10.6. The molecule has 1 aromatic heterocycles. The summed E-state index contributed by atoms with van der Waals surface area (Å²) in [5.41, 5.74) is 0.911. The van der Waals surface area contributed by atoms with Crippen LogP contribution in [0.5, 0.6) is 0 Å². The molecule has 2 saturated carbocycles. The van der Waals surface area contributed by atoms with Crippen molar-refractivity contribution >= 4 is 11.9 Å². The molecule has 1 N–H and O–H groups in total. The number of aliphatic carboxylic acids is 1. The number of benzene rings is 1.